The lowest BCUT2D eigenvalue weighted by Gasteiger charge is -2.24. The SMILES string of the molecule is CCCC/C=C/CC/C=C/C(O)C(COP(=O)(O)OCCN)NC(=O)CC(O)CCCCCCCCCCCCC. The molecule has 1 amide bonds. The van der Waals surface area contributed by atoms with Gasteiger partial charge in [0.25, 0.3) is 0 Å². The summed E-state index contributed by atoms with van der Waals surface area (Å²) in [6, 6.07) is -0.991. The Kier molecular flexibility index (Phi) is 27.0. The Morgan fingerprint density at radius 2 is 1.39 bits per heavy atom. The van der Waals surface area contributed by atoms with Crippen molar-refractivity contribution in [3.8, 4) is 0 Å². The average molecular weight is 605 g/mol. The smallest absolute Gasteiger partial charge is 0.393 e. The van der Waals surface area contributed by atoms with Crippen molar-refractivity contribution in [2.45, 2.75) is 148 Å². The second-order valence-electron chi connectivity index (χ2n) is 10.9. The molecule has 0 saturated carbocycles. The van der Waals surface area contributed by atoms with Crippen molar-refractivity contribution in [3.05, 3.63) is 24.3 Å². The zero-order valence-corrected chi connectivity index (χ0v) is 26.8. The number of amides is 1. The number of rotatable bonds is 29. The summed E-state index contributed by atoms with van der Waals surface area (Å²) >= 11 is 0. The quantitative estimate of drug-likeness (QED) is 0.0371. The molecule has 0 aromatic carbocycles. The first kappa shape index (κ1) is 39.9. The molecule has 0 aliphatic heterocycles. The maximum absolute atomic E-state index is 12.6. The molecule has 0 aromatic rings. The van der Waals surface area contributed by atoms with E-state index in [0.717, 1.165) is 44.9 Å². The van der Waals surface area contributed by atoms with Crippen molar-refractivity contribution in [1.82, 2.24) is 5.32 Å². The number of phosphoric ester groups is 1. The van der Waals surface area contributed by atoms with E-state index in [1.165, 1.54) is 51.4 Å². The molecule has 0 bridgehead atoms. The summed E-state index contributed by atoms with van der Waals surface area (Å²) in [7, 11) is -4.38. The van der Waals surface area contributed by atoms with Crippen LogP contribution < -0.4 is 11.1 Å². The van der Waals surface area contributed by atoms with E-state index in [4.69, 9.17) is 14.8 Å². The first-order valence-electron chi connectivity index (χ1n) is 16.0. The van der Waals surface area contributed by atoms with Crippen LogP contribution in [0.5, 0.6) is 0 Å². The zero-order valence-electron chi connectivity index (χ0n) is 25.9. The molecule has 0 radical (unpaired) electrons. The molecule has 9 nitrogen and oxygen atoms in total. The lowest BCUT2D eigenvalue weighted by molar-refractivity contribution is -0.124. The third-order valence-electron chi connectivity index (χ3n) is 6.83. The highest BCUT2D eigenvalue weighted by atomic mass is 31.2. The van der Waals surface area contributed by atoms with E-state index in [0.29, 0.717) is 12.8 Å². The molecule has 6 N–H and O–H groups in total. The molecule has 41 heavy (non-hydrogen) atoms. The van der Waals surface area contributed by atoms with E-state index in [1.54, 1.807) is 12.2 Å². The number of unbranched alkanes of at least 4 members (excludes halogenated alkanes) is 13. The number of carbonyl (C=O) groups excluding carboxylic acids is 1. The molecule has 0 aromatic heterocycles. The molecule has 0 fully saturated rings. The fourth-order valence-corrected chi connectivity index (χ4v) is 5.11. The second-order valence-corrected chi connectivity index (χ2v) is 12.3. The highest BCUT2D eigenvalue weighted by Crippen LogP contribution is 2.43. The highest BCUT2D eigenvalue weighted by molar-refractivity contribution is 7.47. The highest BCUT2D eigenvalue weighted by Gasteiger charge is 2.27. The minimum Gasteiger partial charge on any atom is -0.393 e. The topological polar surface area (TPSA) is 151 Å². The standard InChI is InChI=1S/C31H61N2O7P/c1-3-5-7-9-11-13-14-15-16-18-20-22-28(34)26-31(36)33-29(27-40-41(37,38)39-25-24-32)30(35)23-21-19-17-12-10-8-6-4-2/h10,12,21,23,28-30,34-35H,3-9,11,13-20,22,24-27,32H2,1-2H3,(H,33,36)(H,37,38)/b12-10+,23-21+. The van der Waals surface area contributed by atoms with Crippen LogP contribution in [0, 0.1) is 0 Å². The Morgan fingerprint density at radius 1 is 0.829 bits per heavy atom. The van der Waals surface area contributed by atoms with Crippen LogP contribution in [-0.4, -0.2) is 59.0 Å². The minimum atomic E-state index is -4.38. The predicted octanol–water partition coefficient (Wildman–Crippen LogP) is 6.46. The van der Waals surface area contributed by atoms with Gasteiger partial charge in [0.1, 0.15) is 0 Å². The number of nitrogens with one attached hydrogen (secondary N) is 1. The molecule has 0 heterocycles. The minimum absolute atomic E-state index is 0.0450. The van der Waals surface area contributed by atoms with E-state index in [9.17, 15) is 24.5 Å². The van der Waals surface area contributed by atoms with Crippen LogP contribution in [0.15, 0.2) is 24.3 Å². The molecule has 0 saturated heterocycles. The lowest BCUT2D eigenvalue weighted by atomic mass is 10.0. The van der Waals surface area contributed by atoms with Gasteiger partial charge in [0.05, 0.1) is 37.9 Å². The second kappa shape index (κ2) is 27.8. The van der Waals surface area contributed by atoms with Gasteiger partial charge in [-0.15, -0.1) is 0 Å². The van der Waals surface area contributed by atoms with Gasteiger partial charge in [-0.25, -0.2) is 4.57 Å². The molecule has 0 aliphatic carbocycles. The van der Waals surface area contributed by atoms with Crippen LogP contribution in [-0.2, 0) is 18.4 Å². The van der Waals surface area contributed by atoms with Crippen LogP contribution in [0.4, 0.5) is 0 Å². The summed E-state index contributed by atoms with van der Waals surface area (Å²) in [5.74, 6) is -0.462. The number of carbonyl (C=O) groups is 1. The van der Waals surface area contributed by atoms with E-state index >= 15 is 0 Å². The van der Waals surface area contributed by atoms with Crippen molar-refractivity contribution in [3.63, 3.8) is 0 Å². The van der Waals surface area contributed by atoms with Crippen molar-refractivity contribution >= 4 is 13.7 Å². The Hall–Kier alpha value is -1.06. The molecule has 0 aliphatic rings. The van der Waals surface area contributed by atoms with Crippen LogP contribution in [0.1, 0.15) is 129 Å². The maximum Gasteiger partial charge on any atom is 0.472 e. The Labute approximate surface area is 250 Å². The normalized spacial score (nSPS) is 15.8. The molecular formula is C31H61N2O7P. The summed E-state index contributed by atoms with van der Waals surface area (Å²) in [6.07, 6.45) is 24.3. The predicted molar refractivity (Wildman–Crippen MR) is 167 cm³/mol. The van der Waals surface area contributed by atoms with Crippen LogP contribution in [0.25, 0.3) is 0 Å². The van der Waals surface area contributed by atoms with Gasteiger partial charge in [0.15, 0.2) is 0 Å². The van der Waals surface area contributed by atoms with Crippen molar-refractivity contribution in [2.24, 2.45) is 5.73 Å². The summed E-state index contributed by atoms with van der Waals surface area (Å²) in [6.45, 7) is 3.82. The van der Waals surface area contributed by atoms with Gasteiger partial charge in [-0.2, -0.15) is 0 Å². The summed E-state index contributed by atoms with van der Waals surface area (Å²) in [5, 5.41) is 23.7. The number of aliphatic hydroxyl groups is 2. The molecule has 10 heteroatoms. The Bertz CT molecular complexity index is 721. The molecular weight excluding hydrogens is 543 g/mol. The molecule has 0 rings (SSSR count). The van der Waals surface area contributed by atoms with Gasteiger partial charge in [-0.1, -0.05) is 122 Å². The Morgan fingerprint density at radius 3 is 2.00 bits per heavy atom. The van der Waals surface area contributed by atoms with Gasteiger partial charge in [0.2, 0.25) is 5.91 Å². The van der Waals surface area contributed by atoms with Gasteiger partial charge < -0.3 is 26.2 Å². The summed E-state index contributed by atoms with van der Waals surface area (Å²) in [4.78, 5) is 22.4. The van der Waals surface area contributed by atoms with E-state index < -0.39 is 38.6 Å². The number of phosphoric acid groups is 1. The van der Waals surface area contributed by atoms with Gasteiger partial charge >= 0.3 is 7.82 Å². The number of nitrogens with two attached hydrogens (primary N) is 1. The third kappa shape index (κ3) is 26.3. The first-order chi connectivity index (χ1) is 19.8. The van der Waals surface area contributed by atoms with Crippen molar-refractivity contribution in [2.75, 3.05) is 19.8 Å². The molecule has 0 spiro atoms. The monoisotopic (exact) mass is 604 g/mol. The number of allylic oxidation sites excluding steroid dienone is 3. The first-order valence-corrected chi connectivity index (χ1v) is 17.5. The van der Waals surface area contributed by atoms with Crippen LogP contribution in [0.3, 0.4) is 0 Å². The zero-order chi connectivity index (χ0) is 30.6. The number of aliphatic hydroxyl groups excluding tert-OH is 2. The van der Waals surface area contributed by atoms with Crippen LogP contribution >= 0.6 is 7.82 Å². The van der Waals surface area contributed by atoms with E-state index in [-0.39, 0.29) is 19.6 Å². The van der Waals surface area contributed by atoms with Crippen LogP contribution in [0.2, 0.25) is 0 Å². The van der Waals surface area contributed by atoms with Crippen molar-refractivity contribution < 1.29 is 33.5 Å². The van der Waals surface area contributed by atoms with Crippen molar-refractivity contribution in [1.29, 1.82) is 0 Å². The molecule has 4 atom stereocenters. The molecule has 4 unspecified atom stereocenters. The fourth-order valence-electron chi connectivity index (χ4n) is 4.35. The van der Waals surface area contributed by atoms with Gasteiger partial charge in [-0.3, -0.25) is 13.8 Å². The van der Waals surface area contributed by atoms with Gasteiger partial charge in [0, 0.05) is 6.54 Å². The lowest BCUT2D eigenvalue weighted by Crippen LogP contribution is -2.46. The average Bonchev–Trinajstić information content (AvgIpc) is 2.94. The number of hydrogen-bond donors (Lipinski definition) is 5. The fraction of sp³-hybridized carbons (Fsp3) is 0.839. The Balaban J connectivity index is 4.55. The van der Waals surface area contributed by atoms with Gasteiger partial charge in [-0.05, 0) is 25.7 Å². The number of hydrogen-bond acceptors (Lipinski definition) is 7. The van der Waals surface area contributed by atoms with E-state index in [1.807, 2.05) is 0 Å². The third-order valence-corrected chi connectivity index (χ3v) is 7.82. The molecule has 242 valence electrons. The summed E-state index contributed by atoms with van der Waals surface area (Å²) < 4.78 is 21.8. The maximum atomic E-state index is 12.6. The summed E-state index contributed by atoms with van der Waals surface area (Å²) in [5.41, 5.74) is 5.31. The van der Waals surface area contributed by atoms with E-state index in [2.05, 4.69) is 31.3 Å². The largest absolute Gasteiger partial charge is 0.472 e.